The molecule has 0 heterocycles. The molecule has 0 unspecified atom stereocenters. The molecule has 0 fully saturated rings. The molecule has 1 aromatic rings. The Balaban J connectivity index is 0.000000486. The predicted octanol–water partition coefficient (Wildman–Crippen LogP) is 3.21. The van der Waals surface area contributed by atoms with Crippen LogP contribution in [-0.2, 0) is 0 Å². The van der Waals surface area contributed by atoms with Gasteiger partial charge in [0, 0.05) is 11.2 Å². The van der Waals surface area contributed by atoms with Gasteiger partial charge in [-0.3, -0.25) is 11.3 Å². The third-order valence-electron chi connectivity index (χ3n) is 3.30. The summed E-state index contributed by atoms with van der Waals surface area (Å²) < 4.78 is 5.07. The summed E-state index contributed by atoms with van der Waals surface area (Å²) in [6.07, 6.45) is 2.82. The second-order valence-corrected chi connectivity index (χ2v) is 5.41. The fourth-order valence-corrected chi connectivity index (χ4v) is 1.38. The summed E-state index contributed by atoms with van der Waals surface area (Å²) >= 11 is 0. The zero-order valence-corrected chi connectivity index (χ0v) is 13.9. The van der Waals surface area contributed by atoms with Crippen molar-refractivity contribution < 1.29 is 4.74 Å². The minimum Gasteiger partial charge on any atom is -0.497 e. The van der Waals surface area contributed by atoms with E-state index in [0.29, 0.717) is 0 Å². The fraction of sp³-hybridized carbons (Fsp3) is 0.412. The van der Waals surface area contributed by atoms with Crippen molar-refractivity contribution in [3.05, 3.63) is 48.2 Å². The maximum Gasteiger partial charge on any atom is 0.118 e. The van der Waals surface area contributed by atoms with Crippen molar-refractivity contribution in [3.8, 4) is 5.75 Å². The third-order valence-corrected chi connectivity index (χ3v) is 3.30. The Morgan fingerprint density at radius 2 is 1.86 bits per heavy atom. The molecule has 0 saturated carbocycles. The van der Waals surface area contributed by atoms with Crippen LogP contribution in [0.3, 0.4) is 0 Å². The molecule has 0 spiro atoms. The van der Waals surface area contributed by atoms with Crippen LogP contribution in [0, 0.1) is 0 Å². The van der Waals surface area contributed by atoms with Gasteiger partial charge in [-0.2, -0.15) is 0 Å². The van der Waals surface area contributed by atoms with Gasteiger partial charge < -0.3 is 10.5 Å². The topological polar surface area (TPSA) is 73.3 Å². The van der Waals surface area contributed by atoms with E-state index < -0.39 is 0 Å². The van der Waals surface area contributed by atoms with Crippen LogP contribution in [0.4, 0.5) is 0 Å². The molecule has 4 nitrogen and oxygen atoms in total. The van der Waals surface area contributed by atoms with Crippen molar-refractivity contribution in [3.63, 3.8) is 0 Å². The molecule has 0 bridgehead atoms. The Labute approximate surface area is 128 Å². The standard InChI is InChI=1S/C12H15NO.C5H14N2/c1-4-12(9(2)13)10-5-7-11(14-3)8-6-10;1-4-5(2,3)7-6/h4-8H,1,13H2,2-3H3;7H,4,6H2,1-3H3/b12-9-;. The number of allylic oxidation sites excluding steroid dienone is 3. The number of methoxy groups -OCH3 is 1. The van der Waals surface area contributed by atoms with E-state index in [-0.39, 0.29) is 5.54 Å². The van der Waals surface area contributed by atoms with E-state index in [4.69, 9.17) is 16.3 Å². The minimum atomic E-state index is 0.111. The van der Waals surface area contributed by atoms with Gasteiger partial charge in [0.25, 0.3) is 0 Å². The third kappa shape index (κ3) is 6.97. The van der Waals surface area contributed by atoms with E-state index in [2.05, 4.69) is 32.8 Å². The molecule has 0 aliphatic heterocycles. The number of nitrogens with two attached hydrogens (primary N) is 2. The summed E-state index contributed by atoms with van der Waals surface area (Å²) in [6.45, 7) is 11.8. The second kappa shape index (κ2) is 9.21. The van der Waals surface area contributed by atoms with Crippen LogP contribution in [0.15, 0.2) is 42.6 Å². The van der Waals surface area contributed by atoms with E-state index in [9.17, 15) is 0 Å². The molecule has 0 amide bonds. The number of hydrazine groups is 1. The van der Waals surface area contributed by atoms with Gasteiger partial charge in [-0.05, 0) is 50.5 Å². The van der Waals surface area contributed by atoms with Crippen LogP contribution in [0.1, 0.15) is 39.7 Å². The van der Waals surface area contributed by atoms with Crippen molar-refractivity contribution >= 4 is 5.57 Å². The first-order valence-corrected chi connectivity index (χ1v) is 7.02. The SMILES string of the molecule is C=C/C(=C(\C)N)c1ccc(OC)cc1.CCC(C)(C)NN. The number of hydrogen-bond donors (Lipinski definition) is 3. The van der Waals surface area contributed by atoms with Gasteiger partial charge >= 0.3 is 0 Å². The maximum atomic E-state index is 5.73. The zero-order chi connectivity index (χ0) is 16.5. The lowest BCUT2D eigenvalue weighted by molar-refractivity contribution is 0.385. The summed E-state index contributed by atoms with van der Waals surface area (Å²) in [5.74, 6) is 6.01. The lowest BCUT2D eigenvalue weighted by Crippen LogP contribution is -2.43. The molecule has 5 N–H and O–H groups in total. The molecule has 0 aliphatic carbocycles. The molecule has 0 saturated heterocycles. The van der Waals surface area contributed by atoms with Gasteiger partial charge in [0.1, 0.15) is 5.75 Å². The van der Waals surface area contributed by atoms with E-state index in [1.165, 1.54) is 0 Å². The smallest absolute Gasteiger partial charge is 0.118 e. The molecule has 0 aromatic heterocycles. The van der Waals surface area contributed by atoms with Gasteiger partial charge in [-0.1, -0.05) is 31.7 Å². The number of nitrogens with one attached hydrogen (secondary N) is 1. The van der Waals surface area contributed by atoms with Crippen LogP contribution < -0.4 is 21.7 Å². The normalized spacial score (nSPS) is 11.9. The lowest BCUT2D eigenvalue weighted by Gasteiger charge is -2.20. The number of benzene rings is 1. The Morgan fingerprint density at radius 1 is 1.33 bits per heavy atom. The molecule has 4 heteroatoms. The highest BCUT2D eigenvalue weighted by Gasteiger charge is 2.09. The molecular formula is C17H29N3O. The van der Waals surface area contributed by atoms with Crippen LogP contribution in [0.5, 0.6) is 5.75 Å². The molecule has 1 rings (SSSR count). The molecule has 21 heavy (non-hydrogen) atoms. The second-order valence-electron chi connectivity index (χ2n) is 5.41. The first-order valence-electron chi connectivity index (χ1n) is 7.02. The summed E-state index contributed by atoms with van der Waals surface area (Å²) in [7, 11) is 1.65. The molecular weight excluding hydrogens is 262 g/mol. The van der Waals surface area contributed by atoms with Crippen molar-refractivity contribution in [2.45, 2.75) is 39.7 Å². The first-order chi connectivity index (χ1) is 9.81. The van der Waals surface area contributed by atoms with E-state index >= 15 is 0 Å². The number of ether oxygens (including phenoxy) is 1. The van der Waals surface area contributed by atoms with Gasteiger partial charge in [0.15, 0.2) is 0 Å². The van der Waals surface area contributed by atoms with Crippen molar-refractivity contribution in [1.29, 1.82) is 0 Å². The summed E-state index contributed by atoms with van der Waals surface area (Å²) in [5, 5.41) is 0. The van der Waals surface area contributed by atoms with Crippen LogP contribution in [-0.4, -0.2) is 12.6 Å². The van der Waals surface area contributed by atoms with Gasteiger partial charge in [-0.25, -0.2) is 0 Å². The summed E-state index contributed by atoms with van der Waals surface area (Å²) in [5.41, 5.74) is 11.3. The average Bonchev–Trinajstić information content (AvgIpc) is 2.49. The first kappa shape index (κ1) is 19.2. The molecule has 0 radical (unpaired) electrons. The Kier molecular flexibility index (Phi) is 8.43. The van der Waals surface area contributed by atoms with Crippen LogP contribution >= 0.6 is 0 Å². The highest BCUT2D eigenvalue weighted by atomic mass is 16.5. The monoisotopic (exact) mass is 291 g/mol. The molecule has 0 aliphatic rings. The molecule has 118 valence electrons. The molecule has 0 atom stereocenters. The predicted molar refractivity (Wildman–Crippen MR) is 91.7 cm³/mol. The van der Waals surface area contributed by atoms with Gasteiger partial charge in [0.2, 0.25) is 0 Å². The van der Waals surface area contributed by atoms with E-state index in [0.717, 1.165) is 29.0 Å². The number of hydrogen-bond acceptors (Lipinski definition) is 4. The quantitative estimate of drug-likeness (QED) is 0.442. The Hall–Kier alpha value is -1.78. The van der Waals surface area contributed by atoms with Crippen molar-refractivity contribution in [2.75, 3.05) is 7.11 Å². The lowest BCUT2D eigenvalue weighted by atomic mass is 10.0. The van der Waals surface area contributed by atoms with Crippen LogP contribution in [0.25, 0.3) is 5.57 Å². The Bertz CT molecular complexity index is 451. The fourth-order valence-electron chi connectivity index (χ4n) is 1.38. The van der Waals surface area contributed by atoms with Gasteiger partial charge in [0.05, 0.1) is 7.11 Å². The van der Waals surface area contributed by atoms with E-state index in [1.807, 2.05) is 31.2 Å². The largest absolute Gasteiger partial charge is 0.497 e. The highest BCUT2D eigenvalue weighted by Crippen LogP contribution is 2.20. The maximum absolute atomic E-state index is 5.73. The zero-order valence-electron chi connectivity index (χ0n) is 13.9. The van der Waals surface area contributed by atoms with E-state index in [1.54, 1.807) is 13.2 Å². The van der Waals surface area contributed by atoms with Crippen molar-refractivity contribution in [2.24, 2.45) is 11.6 Å². The Morgan fingerprint density at radius 3 is 2.10 bits per heavy atom. The summed E-state index contributed by atoms with van der Waals surface area (Å²) in [6, 6.07) is 7.74. The minimum absolute atomic E-state index is 0.111. The van der Waals surface area contributed by atoms with Crippen LogP contribution in [0.2, 0.25) is 0 Å². The van der Waals surface area contributed by atoms with Gasteiger partial charge in [-0.15, -0.1) is 0 Å². The number of rotatable bonds is 5. The summed E-state index contributed by atoms with van der Waals surface area (Å²) in [4.78, 5) is 0. The molecule has 1 aromatic carbocycles. The van der Waals surface area contributed by atoms with Crippen molar-refractivity contribution in [1.82, 2.24) is 5.43 Å². The highest BCUT2D eigenvalue weighted by molar-refractivity contribution is 5.75. The average molecular weight is 291 g/mol.